The third-order valence-corrected chi connectivity index (χ3v) is 3.84. The van der Waals surface area contributed by atoms with Crippen molar-refractivity contribution in [2.75, 3.05) is 0 Å². The number of hydrogen-bond donors (Lipinski definition) is 1. The van der Waals surface area contributed by atoms with Gasteiger partial charge in [-0.15, -0.1) is 0 Å². The average Bonchev–Trinajstić information content (AvgIpc) is 2.96. The molecule has 0 spiro atoms. The SMILES string of the molecule is Cc1cc(=O)n2c(-c3ccccc3)c(-c3ccccc3)nc2[nH]1. The van der Waals surface area contributed by atoms with E-state index in [-0.39, 0.29) is 5.56 Å². The molecule has 0 aliphatic heterocycles. The van der Waals surface area contributed by atoms with Crippen molar-refractivity contribution in [1.29, 1.82) is 0 Å². The highest BCUT2D eigenvalue weighted by atomic mass is 16.1. The number of H-pyrrole nitrogens is 1. The number of aromatic amines is 1. The molecule has 0 unspecified atom stereocenters. The Balaban J connectivity index is 2.14. The summed E-state index contributed by atoms with van der Waals surface area (Å²) in [5.41, 5.74) is 4.29. The van der Waals surface area contributed by atoms with Crippen LogP contribution in [0.2, 0.25) is 0 Å². The Morgan fingerprint density at radius 2 is 1.52 bits per heavy atom. The molecular formula is C19H15N3O. The fraction of sp³-hybridized carbons (Fsp3) is 0.0526. The van der Waals surface area contributed by atoms with E-state index in [0.717, 1.165) is 28.2 Å². The van der Waals surface area contributed by atoms with Gasteiger partial charge in [-0.3, -0.25) is 4.79 Å². The molecule has 0 amide bonds. The van der Waals surface area contributed by atoms with Gasteiger partial charge in [0.15, 0.2) is 0 Å². The van der Waals surface area contributed by atoms with Gasteiger partial charge in [-0.25, -0.2) is 9.38 Å². The Hall–Kier alpha value is -3.14. The molecule has 2 aromatic heterocycles. The lowest BCUT2D eigenvalue weighted by Gasteiger charge is -2.05. The van der Waals surface area contributed by atoms with E-state index in [0.29, 0.717) is 5.78 Å². The third kappa shape index (κ3) is 2.25. The van der Waals surface area contributed by atoms with E-state index in [1.165, 1.54) is 0 Å². The van der Waals surface area contributed by atoms with Crippen LogP contribution in [0, 0.1) is 6.92 Å². The second-order valence-corrected chi connectivity index (χ2v) is 5.49. The minimum absolute atomic E-state index is 0.0789. The summed E-state index contributed by atoms with van der Waals surface area (Å²) in [4.78, 5) is 20.4. The molecule has 4 nitrogen and oxygen atoms in total. The fourth-order valence-electron chi connectivity index (χ4n) is 2.84. The van der Waals surface area contributed by atoms with Crippen molar-refractivity contribution in [3.63, 3.8) is 0 Å². The van der Waals surface area contributed by atoms with Gasteiger partial charge in [-0.2, -0.15) is 0 Å². The van der Waals surface area contributed by atoms with Crippen LogP contribution in [0.4, 0.5) is 0 Å². The molecule has 0 saturated carbocycles. The average molecular weight is 301 g/mol. The number of rotatable bonds is 2. The summed E-state index contributed by atoms with van der Waals surface area (Å²) in [5.74, 6) is 0.563. The number of aryl methyl sites for hydroxylation is 1. The van der Waals surface area contributed by atoms with Crippen molar-refractivity contribution in [1.82, 2.24) is 14.4 Å². The van der Waals surface area contributed by atoms with Gasteiger partial charge in [0.25, 0.3) is 5.56 Å². The molecule has 4 aromatic rings. The van der Waals surface area contributed by atoms with Crippen molar-refractivity contribution in [3.8, 4) is 22.5 Å². The zero-order valence-electron chi connectivity index (χ0n) is 12.7. The number of imidazole rings is 1. The molecule has 2 aromatic carbocycles. The molecule has 0 bridgehead atoms. The number of nitrogens with one attached hydrogen (secondary N) is 1. The van der Waals surface area contributed by atoms with Gasteiger partial charge < -0.3 is 4.98 Å². The maximum Gasteiger partial charge on any atom is 0.259 e. The Bertz CT molecular complexity index is 1030. The van der Waals surface area contributed by atoms with E-state index < -0.39 is 0 Å². The Morgan fingerprint density at radius 3 is 2.17 bits per heavy atom. The highest BCUT2D eigenvalue weighted by Crippen LogP contribution is 2.31. The van der Waals surface area contributed by atoms with Gasteiger partial charge in [0.1, 0.15) is 0 Å². The normalized spacial score (nSPS) is 11.0. The van der Waals surface area contributed by atoms with Crippen molar-refractivity contribution >= 4 is 5.78 Å². The number of fused-ring (bicyclic) bond motifs is 1. The molecule has 4 rings (SSSR count). The van der Waals surface area contributed by atoms with Gasteiger partial charge in [-0.1, -0.05) is 60.7 Å². The van der Waals surface area contributed by atoms with Crippen LogP contribution < -0.4 is 5.56 Å². The molecule has 0 aliphatic carbocycles. The molecule has 2 heterocycles. The van der Waals surface area contributed by atoms with Crippen LogP contribution in [0.3, 0.4) is 0 Å². The zero-order valence-corrected chi connectivity index (χ0v) is 12.7. The van der Waals surface area contributed by atoms with Gasteiger partial charge in [0, 0.05) is 22.9 Å². The summed E-state index contributed by atoms with van der Waals surface area (Å²) in [6, 6.07) is 21.4. The molecule has 0 atom stereocenters. The van der Waals surface area contributed by atoms with E-state index in [4.69, 9.17) is 0 Å². The second-order valence-electron chi connectivity index (χ2n) is 5.49. The lowest BCUT2D eigenvalue weighted by molar-refractivity contribution is 1.03. The largest absolute Gasteiger partial charge is 0.329 e. The monoisotopic (exact) mass is 301 g/mol. The zero-order chi connectivity index (χ0) is 15.8. The molecule has 0 fully saturated rings. The highest BCUT2D eigenvalue weighted by molar-refractivity contribution is 5.81. The summed E-state index contributed by atoms with van der Waals surface area (Å²) in [7, 11) is 0. The van der Waals surface area contributed by atoms with Crippen molar-refractivity contribution in [2.24, 2.45) is 0 Å². The molecule has 23 heavy (non-hydrogen) atoms. The van der Waals surface area contributed by atoms with E-state index in [1.54, 1.807) is 10.5 Å². The molecule has 1 N–H and O–H groups in total. The van der Waals surface area contributed by atoms with Gasteiger partial charge in [0.05, 0.1) is 11.4 Å². The predicted octanol–water partition coefficient (Wildman–Crippen LogP) is 3.67. The first-order valence-electron chi connectivity index (χ1n) is 7.47. The molecular weight excluding hydrogens is 286 g/mol. The minimum atomic E-state index is -0.0789. The Labute approximate surface area is 133 Å². The first-order valence-corrected chi connectivity index (χ1v) is 7.47. The van der Waals surface area contributed by atoms with E-state index in [9.17, 15) is 4.79 Å². The van der Waals surface area contributed by atoms with Crippen molar-refractivity contribution < 1.29 is 0 Å². The van der Waals surface area contributed by atoms with Crippen LogP contribution in [-0.2, 0) is 0 Å². The smallest absolute Gasteiger partial charge is 0.259 e. The summed E-state index contributed by atoms with van der Waals surface area (Å²) in [6.45, 7) is 1.86. The minimum Gasteiger partial charge on any atom is -0.329 e. The Kier molecular flexibility index (Phi) is 3.08. The maximum absolute atomic E-state index is 12.5. The van der Waals surface area contributed by atoms with Crippen LogP contribution in [-0.4, -0.2) is 14.4 Å². The van der Waals surface area contributed by atoms with Crippen LogP contribution in [0.5, 0.6) is 0 Å². The first kappa shape index (κ1) is 13.5. The molecule has 112 valence electrons. The quantitative estimate of drug-likeness (QED) is 0.614. The van der Waals surface area contributed by atoms with Crippen LogP contribution in [0.1, 0.15) is 5.69 Å². The van der Waals surface area contributed by atoms with Crippen molar-refractivity contribution in [3.05, 3.63) is 82.8 Å². The van der Waals surface area contributed by atoms with E-state index in [1.807, 2.05) is 67.6 Å². The van der Waals surface area contributed by atoms with Crippen molar-refractivity contribution in [2.45, 2.75) is 6.92 Å². The number of benzene rings is 2. The summed E-state index contributed by atoms with van der Waals surface area (Å²) in [5, 5.41) is 0. The molecule has 0 radical (unpaired) electrons. The summed E-state index contributed by atoms with van der Waals surface area (Å²) < 4.78 is 1.64. The van der Waals surface area contributed by atoms with Crippen LogP contribution >= 0.6 is 0 Å². The third-order valence-electron chi connectivity index (χ3n) is 3.84. The summed E-state index contributed by atoms with van der Waals surface area (Å²) >= 11 is 0. The fourth-order valence-corrected chi connectivity index (χ4v) is 2.84. The Morgan fingerprint density at radius 1 is 0.913 bits per heavy atom. The topological polar surface area (TPSA) is 50.2 Å². The van der Waals surface area contributed by atoms with E-state index >= 15 is 0 Å². The van der Waals surface area contributed by atoms with Crippen LogP contribution in [0.25, 0.3) is 28.3 Å². The van der Waals surface area contributed by atoms with Gasteiger partial charge in [0.2, 0.25) is 5.78 Å². The number of nitrogens with zero attached hydrogens (tertiary/aromatic N) is 2. The van der Waals surface area contributed by atoms with Gasteiger partial charge >= 0.3 is 0 Å². The predicted molar refractivity (Wildman–Crippen MR) is 91.4 cm³/mol. The van der Waals surface area contributed by atoms with Crippen LogP contribution in [0.15, 0.2) is 71.5 Å². The molecule has 0 aliphatic rings. The van der Waals surface area contributed by atoms with E-state index in [2.05, 4.69) is 9.97 Å². The summed E-state index contributed by atoms with van der Waals surface area (Å²) in [6.07, 6.45) is 0. The maximum atomic E-state index is 12.5. The number of aromatic nitrogens is 3. The lowest BCUT2D eigenvalue weighted by Crippen LogP contribution is -2.14. The highest BCUT2D eigenvalue weighted by Gasteiger charge is 2.17. The number of hydrogen-bond acceptors (Lipinski definition) is 2. The molecule has 4 heteroatoms. The standard InChI is InChI=1S/C19H15N3O/c1-13-12-16(23)22-18(15-10-6-3-7-11-15)17(21-19(22)20-13)14-8-4-2-5-9-14/h2-12H,1H3,(H,20,21). The van der Waals surface area contributed by atoms with Gasteiger partial charge in [-0.05, 0) is 6.92 Å². The second kappa shape index (κ2) is 5.25. The lowest BCUT2D eigenvalue weighted by atomic mass is 10.1. The first-order chi connectivity index (χ1) is 11.2. The molecule has 0 saturated heterocycles.